The molecule has 4 heteroatoms. The smallest absolute Gasteiger partial charge is 0.163 e. The summed E-state index contributed by atoms with van der Waals surface area (Å²) in [5.74, 6) is 3.88. The molecule has 0 fully saturated rings. The first-order valence-corrected chi connectivity index (χ1v) is 6.52. The maximum absolute atomic E-state index is 13.8. The second kappa shape index (κ2) is 7.44. The molecule has 1 aromatic carbocycles. The zero-order valence-electron chi connectivity index (χ0n) is 11.1. The van der Waals surface area contributed by atoms with Crippen molar-refractivity contribution in [3.8, 4) is 0 Å². The molecule has 1 unspecified atom stereocenters. The van der Waals surface area contributed by atoms with Gasteiger partial charge in [0.2, 0.25) is 0 Å². The minimum absolute atomic E-state index is 0.317. The molecule has 1 rings (SSSR count). The fourth-order valence-corrected chi connectivity index (χ4v) is 2.03. The number of unbranched alkanes of at least 4 members (excludes halogenated alkanes) is 3. The molecule has 102 valence electrons. The average molecular weight is 256 g/mol. The lowest BCUT2D eigenvalue weighted by Crippen LogP contribution is -2.29. The molecule has 0 spiro atoms. The van der Waals surface area contributed by atoms with Crippen LogP contribution in [-0.2, 0) is 0 Å². The quantitative estimate of drug-likeness (QED) is 0.443. The first-order valence-electron chi connectivity index (χ1n) is 6.52. The minimum Gasteiger partial charge on any atom is -0.271 e. The van der Waals surface area contributed by atoms with Crippen LogP contribution in [0.25, 0.3) is 0 Å². The molecule has 0 aliphatic heterocycles. The van der Waals surface area contributed by atoms with Crippen molar-refractivity contribution in [3.63, 3.8) is 0 Å². The summed E-state index contributed by atoms with van der Waals surface area (Å²) < 4.78 is 27.3. The SMILES string of the molecule is CCCCCCC(NN)c1ccc(C)c(F)c1F. The molecule has 2 nitrogen and oxygen atoms in total. The third kappa shape index (κ3) is 3.75. The van der Waals surface area contributed by atoms with Crippen molar-refractivity contribution < 1.29 is 8.78 Å². The van der Waals surface area contributed by atoms with E-state index < -0.39 is 11.6 Å². The van der Waals surface area contributed by atoms with Crippen molar-refractivity contribution >= 4 is 0 Å². The van der Waals surface area contributed by atoms with Gasteiger partial charge in [0.15, 0.2) is 11.6 Å². The summed E-state index contributed by atoms with van der Waals surface area (Å²) in [4.78, 5) is 0. The van der Waals surface area contributed by atoms with Crippen LogP contribution in [0, 0.1) is 18.6 Å². The van der Waals surface area contributed by atoms with Crippen molar-refractivity contribution in [1.82, 2.24) is 5.43 Å². The molecule has 3 N–H and O–H groups in total. The summed E-state index contributed by atoms with van der Waals surface area (Å²) in [6.07, 6.45) is 5.06. The maximum Gasteiger partial charge on any atom is 0.163 e. The summed E-state index contributed by atoms with van der Waals surface area (Å²) in [7, 11) is 0. The highest BCUT2D eigenvalue weighted by Gasteiger charge is 2.18. The van der Waals surface area contributed by atoms with Gasteiger partial charge in [-0.3, -0.25) is 11.3 Å². The van der Waals surface area contributed by atoms with Crippen LogP contribution >= 0.6 is 0 Å². The Balaban J connectivity index is 2.73. The molecule has 0 saturated heterocycles. The number of halogens is 2. The zero-order chi connectivity index (χ0) is 13.5. The van der Waals surface area contributed by atoms with Gasteiger partial charge in [-0.05, 0) is 18.9 Å². The molecule has 1 aromatic rings. The van der Waals surface area contributed by atoms with Crippen LogP contribution < -0.4 is 11.3 Å². The number of benzene rings is 1. The Hall–Kier alpha value is -1.00. The van der Waals surface area contributed by atoms with Gasteiger partial charge in [-0.25, -0.2) is 8.78 Å². The molecule has 0 heterocycles. The van der Waals surface area contributed by atoms with Crippen LogP contribution in [0.4, 0.5) is 8.78 Å². The van der Waals surface area contributed by atoms with Crippen LogP contribution in [0.5, 0.6) is 0 Å². The Morgan fingerprint density at radius 1 is 1.17 bits per heavy atom. The van der Waals surface area contributed by atoms with E-state index in [-0.39, 0.29) is 6.04 Å². The summed E-state index contributed by atoms with van der Waals surface area (Å²) >= 11 is 0. The van der Waals surface area contributed by atoms with Crippen LogP contribution in [-0.4, -0.2) is 0 Å². The Morgan fingerprint density at radius 3 is 2.50 bits per heavy atom. The van der Waals surface area contributed by atoms with Crippen LogP contribution in [0.1, 0.15) is 56.2 Å². The van der Waals surface area contributed by atoms with E-state index in [0.717, 1.165) is 32.1 Å². The predicted octanol–water partition coefficient (Wildman–Crippen LogP) is 3.75. The van der Waals surface area contributed by atoms with Crippen LogP contribution in [0.15, 0.2) is 12.1 Å². The molecule has 1 atom stereocenters. The molecule has 0 aliphatic carbocycles. The van der Waals surface area contributed by atoms with Gasteiger partial charge in [0.05, 0.1) is 0 Å². The highest BCUT2D eigenvalue weighted by Crippen LogP contribution is 2.25. The Bertz CT molecular complexity index is 380. The van der Waals surface area contributed by atoms with Gasteiger partial charge in [-0.2, -0.15) is 0 Å². The third-order valence-electron chi connectivity index (χ3n) is 3.23. The summed E-state index contributed by atoms with van der Waals surface area (Å²) in [5, 5.41) is 0. The molecular formula is C14H22F2N2. The summed E-state index contributed by atoms with van der Waals surface area (Å²) in [5.41, 5.74) is 3.21. The van der Waals surface area contributed by atoms with E-state index in [9.17, 15) is 8.78 Å². The van der Waals surface area contributed by atoms with Crippen molar-refractivity contribution in [3.05, 3.63) is 34.9 Å². The van der Waals surface area contributed by atoms with E-state index in [0.29, 0.717) is 11.1 Å². The summed E-state index contributed by atoms with van der Waals surface area (Å²) in [6, 6.07) is 2.87. The second-order valence-corrected chi connectivity index (χ2v) is 4.67. The van der Waals surface area contributed by atoms with E-state index >= 15 is 0 Å². The van der Waals surface area contributed by atoms with Gasteiger partial charge in [-0.1, -0.05) is 44.7 Å². The molecule has 0 bridgehead atoms. The van der Waals surface area contributed by atoms with E-state index in [2.05, 4.69) is 12.3 Å². The first kappa shape index (κ1) is 15.1. The number of hydrogen-bond acceptors (Lipinski definition) is 2. The highest BCUT2D eigenvalue weighted by atomic mass is 19.2. The molecule has 18 heavy (non-hydrogen) atoms. The van der Waals surface area contributed by atoms with Gasteiger partial charge >= 0.3 is 0 Å². The van der Waals surface area contributed by atoms with Gasteiger partial charge in [0.25, 0.3) is 0 Å². The predicted molar refractivity (Wildman–Crippen MR) is 69.9 cm³/mol. The van der Waals surface area contributed by atoms with Crippen molar-refractivity contribution in [2.45, 2.75) is 52.0 Å². The van der Waals surface area contributed by atoms with Gasteiger partial charge in [0.1, 0.15) is 0 Å². The second-order valence-electron chi connectivity index (χ2n) is 4.67. The highest BCUT2D eigenvalue weighted by molar-refractivity contribution is 5.27. The zero-order valence-corrected chi connectivity index (χ0v) is 11.1. The van der Waals surface area contributed by atoms with E-state index in [4.69, 9.17) is 5.84 Å². The number of rotatable bonds is 7. The minimum atomic E-state index is -0.784. The van der Waals surface area contributed by atoms with Crippen LogP contribution in [0.2, 0.25) is 0 Å². The lowest BCUT2D eigenvalue weighted by molar-refractivity contribution is 0.436. The largest absolute Gasteiger partial charge is 0.271 e. The van der Waals surface area contributed by atoms with Gasteiger partial charge in [0, 0.05) is 11.6 Å². The number of nitrogens with two attached hydrogens (primary N) is 1. The fourth-order valence-electron chi connectivity index (χ4n) is 2.03. The lowest BCUT2D eigenvalue weighted by atomic mass is 9.98. The van der Waals surface area contributed by atoms with E-state index in [1.165, 1.54) is 0 Å². The van der Waals surface area contributed by atoms with Crippen molar-refractivity contribution in [1.29, 1.82) is 0 Å². The van der Waals surface area contributed by atoms with E-state index in [1.807, 2.05) is 0 Å². The molecule has 0 aromatic heterocycles. The van der Waals surface area contributed by atoms with Crippen molar-refractivity contribution in [2.24, 2.45) is 5.84 Å². The normalized spacial score (nSPS) is 12.7. The van der Waals surface area contributed by atoms with Crippen molar-refractivity contribution in [2.75, 3.05) is 0 Å². The molecule has 0 amide bonds. The Morgan fingerprint density at radius 2 is 1.89 bits per heavy atom. The van der Waals surface area contributed by atoms with E-state index in [1.54, 1.807) is 19.1 Å². The molecular weight excluding hydrogens is 234 g/mol. The maximum atomic E-state index is 13.8. The Kier molecular flexibility index (Phi) is 6.22. The van der Waals surface area contributed by atoms with Crippen LogP contribution in [0.3, 0.4) is 0 Å². The lowest BCUT2D eigenvalue weighted by Gasteiger charge is -2.17. The topological polar surface area (TPSA) is 38.0 Å². The summed E-state index contributed by atoms with van der Waals surface area (Å²) in [6.45, 7) is 3.68. The monoisotopic (exact) mass is 256 g/mol. The molecule has 0 saturated carbocycles. The first-order chi connectivity index (χ1) is 8.61. The fraction of sp³-hybridized carbons (Fsp3) is 0.571. The number of nitrogens with one attached hydrogen (secondary N) is 1. The number of hydrazine groups is 1. The number of aryl methyl sites for hydroxylation is 1. The van der Waals surface area contributed by atoms with Gasteiger partial charge in [-0.15, -0.1) is 0 Å². The van der Waals surface area contributed by atoms with Gasteiger partial charge < -0.3 is 0 Å². The average Bonchev–Trinajstić information content (AvgIpc) is 2.38. The third-order valence-corrected chi connectivity index (χ3v) is 3.23. The molecule has 0 aliphatic rings. The number of hydrogen-bond donors (Lipinski definition) is 2. The molecule has 0 radical (unpaired) electrons. The Labute approximate surface area is 108 Å². The standard InChI is InChI=1S/C14H22F2N2/c1-3-4-5-6-7-12(18-17)11-9-8-10(2)13(15)14(11)16/h8-9,12,18H,3-7,17H2,1-2H3.